The molecule has 2 aliphatic rings. The van der Waals surface area contributed by atoms with Crippen LogP contribution in [0.25, 0.3) is 11.4 Å². The Morgan fingerprint density at radius 1 is 1.18 bits per heavy atom. The molecule has 1 aromatic carbocycles. The minimum atomic E-state index is -0.307. The molecule has 0 spiro atoms. The Bertz CT molecular complexity index is 1140. The lowest BCUT2D eigenvalue weighted by Crippen LogP contribution is -2.40. The van der Waals surface area contributed by atoms with Gasteiger partial charge in [0.2, 0.25) is 17.6 Å². The number of fused-ring (bicyclic) bond motifs is 1. The summed E-state index contributed by atoms with van der Waals surface area (Å²) in [6.07, 6.45) is 7.21. The number of hydrogen-bond donors (Lipinski definition) is 0. The molecule has 174 valence electrons. The predicted octanol–water partition coefficient (Wildman–Crippen LogP) is 3.84. The number of amides is 1. The van der Waals surface area contributed by atoms with Crippen LogP contribution in [0.2, 0.25) is 0 Å². The Labute approximate surface area is 192 Å². The van der Waals surface area contributed by atoms with Crippen molar-refractivity contribution in [1.29, 1.82) is 0 Å². The molecule has 1 fully saturated rings. The van der Waals surface area contributed by atoms with Crippen molar-refractivity contribution >= 4 is 5.91 Å². The van der Waals surface area contributed by atoms with Crippen molar-refractivity contribution in [2.45, 2.75) is 70.8 Å². The zero-order chi connectivity index (χ0) is 22.8. The normalized spacial score (nSPS) is 18.7. The lowest BCUT2D eigenvalue weighted by Gasteiger charge is -2.32. The van der Waals surface area contributed by atoms with Crippen LogP contribution in [0.5, 0.6) is 0 Å². The first-order chi connectivity index (χ1) is 16.1. The molecule has 4 heterocycles. The fraction of sp³-hybridized carbons (Fsp3) is 0.542. The minimum absolute atomic E-state index is 0.0800. The lowest BCUT2D eigenvalue weighted by atomic mass is 9.96. The molecule has 2 aliphatic heterocycles. The van der Waals surface area contributed by atoms with Gasteiger partial charge >= 0.3 is 0 Å². The number of rotatable bonds is 5. The molecule has 1 unspecified atom stereocenters. The molecule has 0 bridgehead atoms. The largest absolute Gasteiger partial charge is 0.342 e. The molecule has 33 heavy (non-hydrogen) atoms. The maximum Gasteiger partial charge on any atom is 0.227 e. The van der Waals surface area contributed by atoms with E-state index in [0.29, 0.717) is 42.2 Å². The highest BCUT2D eigenvalue weighted by molar-refractivity contribution is 5.76. The standard InChI is InChI=1S/C24H29FN6O2/c1-16-8-9-17(14-19(16)25)23-26-21(33-29-23)10-11-22(32)30-12-5-6-18(15-30)24-28-27-20-7-3-2-4-13-31(20)24/h8-9,14,18H,2-7,10-13,15H2,1H3. The maximum atomic E-state index is 13.8. The number of likely N-dealkylation sites (tertiary alicyclic amines) is 1. The molecule has 0 aliphatic carbocycles. The van der Waals surface area contributed by atoms with Gasteiger partial charge in [-0.3, -0.25) is 4.79 Å². The number of aromatic nitrogens is 5. The zero-order valence-corrected chi connectivity index (χ0v) is 19.0. The van der Waals surface area contributed by atoms with Crippen LogP contribution in [0, 0.1) is 12.7 Å². The van der Waals surface area contributed by atoms with Gasteiger partial charge in [0, 0.05) is 50.4 Å². The van der Waals surface area contributed by atoms with E-state index in [1.54, 1.807) is 19.1 Å². The van der Waals surface area contributed by atoms with Crippen LogP contribution >= 0.6 is 0 Å². The van der Waals surface area contributed by atoms with E-state index < -0.39 is 0 Å². The topological polar surface area (TPSA) is 89.9 Å². The summed E-state index contributed by atoms with van der Waals surface area (Å²) in [4.78, 5) is 19.2. The highest BCUT2D eigenvalue weighted by atomic mass is 19.1. The summed E-state index contributed by atoms with van der Waals surface area (Å²) in [6, 6.07) is 4.84. The number of hydrogen-bond acceptors (Lipinski definition) is 6. The van der Waals surface area contributed by atoms with Gasteiger partial charge in [0.1, 0.15) is 17.5 Å². The quantitative estimate of drug-likeness (QED) is 0.584. The Balaban J connectivity index is 1.20. The summed E-state index contributed by atoms with van der Waals surface area (Å²) in [5.41, 5.74) is 1.13. The van der Waals surface area contributed by atoms with Gasteiger partial charge in [-0.15, -0.1) is 10.2 Å². The molecule has 0 saturated carbocycles. The molecular weight excluding hydrogens is 423 g/mol. The van der Waals surface area contributed by atoms with Crippen LogP contribution in [0.4, 0.5) is 4.39 Å². The number of benzene rings is 1. The van der Waals surface area contributed by atoms with E-state index >= 15 is 0 Å². The van der Waals surface area contributed by atoms with Crippen molar-refractivity contribution in [3.8, 4) is 11.4 Å². The van der Waals surface area contributed by atoms with Gasteiger partial charge in [-0.25, -0.2) is 4.39 Å². The first-order valence-electron chi connectivity index (χ1n) is 11.9. The van der Waals surface area contributed by atoms with Crippen LogP contribution in [-0.2, 0) is 24.2 Å². The molecule has 8 nitrogen and oxygen atoms in total. The van der Waals surface area contributed by atoms with Crippen molar-refractivity contribution in [3.05, 3.63) is 47.1 Å². The van der Waals surface area contributed by atoms with Crippen LogP contribution in [0.3, 0.4) is 0 Å². The fourth-order valence-electron chi connectivity index (χ4n) is 4.80. The van der Waals surface area contributed by atoms with E-state index in [4.69, 9.17) is 4.52 Å². The van der Waals surface area contributed by atoms with Gasteiger partial charge in [-0.05, 0) is 44.2 Å². The smallest absolute Gasteiger partial charge is 0.227 e. The third-order valence-corrected chi connectivity index (χ3v) is 6.73. The number of carbonyl (C=O) groups is 1. The maximum absolute atomic E-state index is 13.8. The highest BCUT2D eigenvalue weighted by Crippen LogP contribution is 2.28. The summed E-state index contributed by atoms with van der Waals surface area (Å²) >= 11 is 0. The van der Waals surface area contributed by atoms with Gasteiger partial charge in [-0.1, -0.05) is 23.7 Å². The summed E-state index contributed by atoms with van der Waals surface area (Å²) in [6.45, 7) is 4.12. The van der Waals surface area contributed by atoms with Gasteiger partial charge < -0.3 is 14.0 Å². The average molecular weight is 453 g/mol. The molecule has 1 atom stereocenters. The molecule has 1 amide bonds. The number of nitrogens with zero attached hydrogens (tertiary/aromatic N) is 6. The Hall–Kier alpha value is -3.10. The second-order valence-corrected chi connectivity index (χ2v) is 9.09. The van der Waals surface area contributed by atoms with Crippen molar-refractivity contribution in [2.24, 2.45) is 0 Å². The summed E-state index contributed by atoms with van der Waals surface area (Å²) in [7, 11) is 0. The average Bonchev–Trinajstić information content (AvgIpc) is 3.40. The van der Waals surface area contributed by atoms with Crippen LogP contribution < -0.4 is 0 Å². The summed E-state index contributed by atoms with van der Waals surface area (Å²) < 4.78 is 21.4. The van der Waals surface area contributed by atoms with E-state index in [9.17, 15) is 9.18 Å². The predicted molar refractivity (Wildman–Crippen MR) is 119 cm³/mol. The molecule has 0 radical (unpaired) electrons. The van der Waals surface area contributed by atoms with Crippen molar-refractivity contribution in [3.63, 3.8) is 0 Å². The Kier molecular flexibility index (Phi) is 6.20. The van der Waals surface area contributed by atoms with Crippen molar-refractivity contribution in [1.82, 2.24) is 29.8 Å². The summed E-state index contributed by atoms with van der Waals surface area (Å²) in [5.74, 6) is 2.85. The van der Waals surface area contributed by atoms with E-state index in [0.717, 1.165) is 50.4 Å². The third kappa shape index (κ3) is 4.67. The Morgan fingerprint density at radius 2 is 2.09 bits per heavy atom. The number of aryl methyl sites for hydroxylation is 3. The first-order valence-corrected chi connectivity index (χ1v) is 11.9. The van der Waals surface area contributed by atoms with E-state index in [-0.39, 0.29) is 17.6 Å². The van der Waals surface area contributed by atoms with E-state index in [1.165, 1.54) is 18.9 Å². The first kappa shape index (κ1) is 21.7. The van der Waals surface area contributed by atoms with Crippen molar-refractivity contribution in [2.75, 3.05) is 13.1 Å². The van der Waals surface area contributed by atoms with Crippen molar-refractivity contribution < 1.29 is 13.7 Å². The molecule has 1 saturated heterocycles. The molecule has 0 N–H and O–H groups in total. The van der Waals surface area contributed by atoms with Gasteiger partial charge in [0.15, 0.2) is 0 Å². The number of halogens is 1. The molecule has 2 aromatic heterocycles. The van der Waals surface area contributed by atoms with E-state index in [2.05, 4.69) is 24.9 Å². The SMILES string of the molecule is Cc1ccc(-c2noc(CCC(=O)N3CCCC(c4nnc5n4CCCCC5)C3)n2)cc1F. The van der Waals surface area contributed by atoms with Crippen LogP contribution in [0.1, 0.15) is 67.5 Å². The lowest BCUT2D eigenvalue weighted by molar-refractivity contribution is -0.132. The second-order valence-electron chi connectivity index (χ2n) is 9.09. The zero-order valence-electron chi connectivity index (χ0n) is 19.0. The molecule has 9 heteroatoms. The fourth-order valence-corrected chi connectivity index (χ4v) is 4.80. The van der Waals surface area contributed by atoms with Gasteiger partial charge in [0.05, 0.1) is 0 Å². The van der Waals surface area contributed by atoms with Gasteiger partial charge in [0.25, 0.3) is 0 Å². The number of piperidine rings is 1. The molecule has 5 rings (SSSR count). The van der Waals surface area contributed by atoms with E-state index in [1.807, 2.05) is 4.90 Å². The van der Waals surface area contributed by atoms with Crippen LogP contribution in [-0.4, -0.2) is 48.8 Å². The second kappa shape index (κ2) is 9.41. The molecular formula is C24H29FN6O2. The third-order valence-electron chi connectivity index (χ3n) is 6.73. The monoisotopic (exact) mass is 452 g/mol. The summed E-state index contributed by atoms with van der Waals surface area (Å²) in [5, 5.41) is 12.9. The van der Waals surface area contributed by atoms with Gasteiger partial charge in [-0.2, -0.15) is 4.98 Å². The van der Waals surface area contributed by atoms with Crippen LogP contribution in [0.15, 0.2) is 22.7 Å². The highest BCUT2D eigenvalue weighted by Gasteiger charge is 2.29. The molecule has 3 aromatic rings. The number of carbonyl (C=O) groups excluding carboxylic acids is 1. The Morgan fingerprint density at radius 3 is 2.97 bits per heavy atom. The minimum Gasteiger partial charge on any atom is -0.342 e.